The zero-order valence-corrected chi connectivity index (χ0v) is 36.9. The van der Waals surface area contributed by atoms with Crippen LogP contribution in [-0.4, -0.2) is 108 Å². The van der Waals surface area contributed by atoms with Gasteiger partial charge in [-0.15, -0.1) is 0 Å². The highest BCUT2D eigenvalue weighted by atomic mass is 31.2. The molecule has 0 bridgehead atoms. The van der Waals surface area contributed by atoms with E-state index in [1.807, 2.05) is 0 Å². The van der Waals surface area contributed by atoms with Crippen LogP contribution in [-0.2, 0) is 18.4 Å². The second-order valence-corrected chi connectivity index (χ2v) is 17.8. The molecule has 14 heteroatoms. The number of hydrogen-bond donors (Lipinski definition) is 9. The smallest absolute Gasteiger partial charge is 0.393 e. The molecule has 1 rings (SSSR count). The number of aliphatic hydroxyl groups excluding tert-OH is 7. The van der Waals surface area contributed by atoms with Crippen LogP contribution in [0, 0.1) is 0 Å². The largest absolute Gasteiger partial charge is 0.472 e. The average Bonchev–Trinajstić information content (AvgIpc) is 3.19. The number of amides is 1. The predicted octanol–water partition coefficient (Wildman–Crippen LogP) is 7.20. The van der Waals surface area contributed by atoms with Gasteiger partial charge in [0.2, 0.25) is 5.91 Å². The molecular weight excluding hydrogens is 765 g/mol. The highest BCUT2D eigenvalue weighted by Gasteiger charge is 2.51. The first-order valence-electron chi connectivity index (χ1n) is 22.9. The molecule has 1 aliphatic rings. The summed E-state index contributed by atoms with van der Waals surface area (Å²) in [5, 5.41) is 74.2. The summed E-state index contributed by atoms with van der Waals surface area (Å²) in [5.74, 6) is -0.608. The van der Waals surface area contributed by atoms with Gasteiger partial charge in [0.1, 0.15) is 36.6 Å². The Bertz CT molecular complexity index is 1100. The molecule has 0 heterocycles. The lowest BCUT2D eigenvalue weighted by atomic mass is 9.85. The van der Waals surface area contributed by atoms with Gasteiger partial charge in [0.25, 0.3) is 0 Å². The molecule has 1 saturated carbocycles. The fourth-order valence-corrected chi connectivity index (χ4v) is 8.19. The van der Waals surface area contributed by atoms with E-state index in [1.165, 1.54) is 102 Å². The molecule has 0 radical (unpaired) electrons. The fraction of sp³-hybridized carbons (Fsp3) is 0.886. The van der Waals surface area contributed by atoms with Crippen LogP contribution in [0.3, 0.4) is 0 Å². The number of hydrogen-bond acceptors (Lipinski definition) is 11. The topological polar surface area (TPSA) is 226 Å². The van der Waals surface area contributed by atoms with Crippen molar-refractivity contribution in [3.8, 4) is 0 Å². The lowest BCUT2D eigenvalue weighted by Crippen LogP contribution is -2.64. The predicted molar refractivity (Wildman–Crippen MR) is 229 cm³/mol. The van der Waals surface area contributed by atoms with Gasteiger partial charge in [-0.3, -0.25) is 13.8 Å². The number of allylic oxidation sites excluding steroid dienone is 3. The molecule has 8 atom stereocenters. The first-order chi connectivity index (χ1) is 27.8. The van der Waals surface area contributed by atoms with Gasteiger partial charge in [0, 0.05) is 0 Å². The molecule has 58 heavy (non-hydrogen) atoms. The number of phosphoric acid groups is 1. The maximum Gasteiger partial charge on any atom is 0.472 e. The lowest BCUT2D eigenvalue weighted by Gasteiger charge is -2.41. The van der Waals surface area contributed by atoms with E-state index in [1.54, 1.807) is 6.08 Å². The zero-order chi connectivity index (χ0) is 43.0. The Morgan fingerprint density at radius 1 is 0.603 bits per heavy atom. The summed E-state index contributed by atoms with van der Waals surface area (Å²) < 4.78 is 22.8. The monoisotopic (exact) mass is 850 g/mol. The van der Waals surface area contributed by atoms with Crippen LogP contribution in [0.2, 0.25) is 0 Å². The van der Waals surface area contributed by atoms with Gasteiger partial charge in [0.05, 0.1) is 31.3 Å². The summed E-state index contributed by atoms with van der Waals surface area (Å²) in [6.07, 6.45) is 23.0. The Balaban J connectivity index is 2.52. The van der Waals surface area contributed by atoms with Gasteiger partial charge in [-0.25, -0.2) is 4.57 Å². The van der Waals surface area contributed by atoms with Crippen molar-refractivity contribution in [1.82, 2.24) is 5.32 Å². The zero-order valence-electron chi connectivity index (χ0n) is 36.0. The molecule has 1 fully saturated rings. The number of carbonyl (C=O) groups excluding carboxylic acids is 1. The van der Waals surface area contributed by atoms with Crippen LogP contribution >= 0.6 is 7.82 Å². The first kappa shape index (κ1) is 54.8. The Hall–Kier alpha value is -1.22. The van der Waals surface area contributed by atoms with Crippen molar-refractivity contribution in [2.24, 2.45) is 0 Å². The minimum absolute atomic E-state index is 0.259. The summed E-state index contributed by atoms with van der Waals surface area (Å²) in [7, 11) is -5.14. The third-order valence-corrected chi connectivity index (χ3v) is 12.0. The normalized spacial score (nSPS) is 24.0. The van der Waals surface area contributed by atoms with Gasteiger partial charge in [-0.2, -0.15) is 0 Å². The molecule has 0 aromatic heterocycles. The van der Waals surface area contributed by atoms with Gasteiger partial charge in [-0.1, -0.05) is 167 Å². The van der Waals surface area contributed by atoms with Crippen molar-refractivity contribution >= 4 is 13.7 Å². The lowest BCUT2D eigenvalue weighted by molar-refractivity contribution is -0.220. The molecule has 8 unspecified atom stereocenters. The van der Waals surface area contributed by atoms with E-state index >= 15 is 0 Å². The number of carbonyl (C=O) groups is 1. The van der Waals surface area contributed by atoms with Crippen molar-refractivity contribution in [3.63, 3.8) is 0 Å². The van der Waals surface area contributed by atoms with Crippen molar-refractivity contribution in [2.45, 2.75) is 242 Å². The second-order valence-electron chi connectivity index (χ2n) is 16.4. The summed E-state index contributed by atoms with van der Waals surface area (Å²) in [4.78, 5) is 23.3. The van der Waals surface area contributed by atoms with E-state index in [4.69, 9.17) is 9.05 Å². The van der Waals surface area contributed by atoms with E-state index in [2.05, 4.69) is 31.3 Å². The summed E-state index contributed by atoms with van der Waals surface area (Å²) in [6, 6.07) is -1.24. The Morgan fingerprint density at radius 2 is 1.02 bits per heavy atom. The Kier molecular flexibility index (Phi) is 32.5. The molecule has 0 saturated heterocycles. The molecule has 1 aliphatic carbocycles. The fourth-order valence-electron chi connectivity index (χ4n) is 7.22. The molecule has 9 N–H and O–H groups in total. The van der Waals surface area contributed by atoms with Crippen LogP contribution < -0.4 is 5.32 Å². The molecule has 0 aromatic rings. The standard InChI is InChI=1S/C44H84NO12P/c1-3-5-7-9-11-13-14-15-16-17-18-19-20-21-22-23-24-26-28-30-32-37(47)36(45-38(48)33-35(46)31-29-27-25-12-10-8-6-4-2)34-56-58(54,55)57-44-42(52)40(50)39(49)41(51)43(44)53/h10,12,30,32,35-37,39-44,46-47,49-53H,3-9,11,13-29,31,33-34H2,1-2H3,(H,45,48)(H,54,55)/b12-10-,32-30+. The van der Waals surface area contributed by atoms with E-state index < -0.39 is 75.2 Å². The minimum atomic E-state index is -5.14. The van der Waals surface area contributed by atoms with Gasteiger partial charge < -0.3 is 46.0 Å². The first-order valence-corrected chi connectivity index (χ1v) is 24.4. The molecular formula is C44H84NO12P. The molecule has 13 nitrogen and oxygen atoms in total. The van der Waals surface area contributed by atoms with Crippen molar-refractivity contribution < 1.29 is 59.0 Å². The van der Waals surface area contributed by atoms with Crippen LogP contribution in [0.25, 0.3) is 0 Å². The SMILES string of the molecule is CCCC/C=C\CCCCC(O)CC(=O)NC(COP(=O)(O)OC1C(O)C(O)C(O)C(O)C1O)C(O)/C=C/CCCCCCCCCCCCCCCCCCCC. The molecule has 342 valence electrons. The number of rotatable bonds is 37. The summed E-state index contributed by atoms with van der Waals surface area (Å²) >= 11 is 0. The Morgan fingerprint density at radius 3 is 1.52 bits per heavy atom. The minimum Gasteiger partial charge on any atom is -0.393 e. The van der Waals surface area contributed by atoms with Crippen LogP contribution in [0.1, 0.15) is 187 Å². The number of nitrogens with one attached hydrogen (secondary N) is 1. The second kappa shape index (κ2) is 34.4. The maximum atomic E-state index is 12.9. The number of unbranched alkanes of at least 4 members (excludes halogenated alkanes) is 22. The molecule has 0 aromatic carbocycles. The third kappa shape index (κ3) is 26.2. The third-order valence-electron chi connectivity index (χ3n) is 11.0. The highest BCUT2D eigenvalue weighted by Crippen LogP contribution is 2.47. The number of phosphoric ester groups is 1. The van der Waals surface area contributed by atoms with Crippen LogP contribution in [0.15, 0.2) is 24.3 Å². The number of aliphatic hydroxyl groups is 7. The van der Waals surface area contributed by atoms with Crippen LogP contribution in [0.4, 0.5) is 0 Å². The molecule has 0 aliphatic heterocycles. The van der Waals surface area contributed by atoms with Crippen LogP contribution in [0.5, 0.6) is 0 Å². The Labute approximate surface area is 350 Å². The van der Waals surface area contributed by atoms with Crippen molar-refractivity contribution in [3.05, 3.63) is 24.3 Å². The van der Waals surface area contributed by atoms with E-state index in [0.29, 0.717) is 19.3 Å². The average molecular weight is 850 g/mol. The molecule has 0 spiro atoms. The molecule has 1 amide bonds. The van der Waals surface area contributed by atoms with E-state index in [0.717, 1.165) is 51.4 Å². The quantitative estimate of drug-likeness (QED) is 0.0172. The van der Waals surface area contributed by atoms with Gasteiger partial charge in [0.15, 0.2) is 0 Å². The van der Waals surface area contributed by atoms with Crippen molar-refractivity contribution in [2.75, 3.05) is 6.61 Å². The summed E-state index contributed by atoms with van der Waals surface area (Å²) in [5.41, 5.74) is 0. The van der Waals surface area contributed by atoms with Crippen molar-refractivity contribution in [1.29, 1.82) is 0 Å². The van der Waals surface area contributed by atoms with Gasteiger partial charge >= 0.3 is 7.82 Å². The van der Waals surface area contributed by atoms with E-state index in [9.17, 15) is 50.0 Å². The summed E-state index contributed by atoms with van der Waals surface area (Å²) in [6.45, 7) is 3.66. The van der Waals surface area contributed by atoms with E-state index in [-0.39, 0.29) is 6.42 Å². The van der Waals surface area contributed by atoms with Gasteiger partial charge in [-0.05, 0) is 38.5 Å². The highest BCUT2D eigenvalue weighted by molar-refractivity contribution is 7.47. The maximum absolute atomic E-state index is 12.9.